The van der Waals surface area contributed by atoms with E-state index in [9.17, 15) is 9.59 Å². The van der Waals surface area contributed by atoms with E-state index in [1.54, 1.807) is 24.3 Å². The summed E-state index contributed by atoms with van der Waals surface area (Å²) >= 11 is 5.91. The molecule has 0 aliphatic rings. The van der Waals surface area contributed by atoms with Crippen LogP contribution in [-0.2, 0) is 11.3 Å². The van der Waals surface area contributed by atoms with Crippen LogP contribution in [0.15, 0.2) is 53.3 Å². The maximum atomic E-state index is 12.4. The number of nitrogens with two attached hydrogens (primary N) is 1. The summed E-state index contributed by atoms with van der Waals surface area (Å²) in [5, 5.41) is 6.12. The molecule has 0 saturated heterocycles. The van der Waals surface area contributed by atoms with Crippen molar-refractivity contribution in [1.82, 2.24) is 9.78 Å². The molecule has 0 unspecified atom stereocenters. The Morgan fingerprint density at radius 2 is 1.73 bits per heavy atom. The van der Waals surface area contributed by atoms with Crippen LogP contribution in [0.3, 0.4) is 0 Å². The minimum absolute atomic E-state index is 0.260. The van der Waals surface area contributed by atoms with Crippen LogP contribution in [0.2, 0.25) is 5.02 Å². The quantitative estimate of drug-likeness (QED) is 0.805. The molecule has 1 amide bonds. The van der Waals surface area contributed by atoms with Gasteiger partial charge >= 0.3 is 0 Å². The van der Waals surface area contributed by atoms with Crippen LogP contribution in [0.5, 0.6) is 0 Å². The summed E-state index contributed by atoms with van der Waals surface area (Å²) in [4.78, 5) is 23.5. The third kappa shape index (κ3) is 2.58. The molecule has 0 spiro atoms. The second-order valence-corrected chi connectivity index (χ2v) is 5.27. The highest BCUT2D eigenvalue weighted by molar-refractivity contribution is 6.30. The first-order valence-corrected chi connectivity index (χ1v) is 6.98. The minimum Gasteiger partial charge on any atom is -0.368 e. The number of fused-ring (bicyclic) bond motifs is 1. The Morgan fingerprint density at radius 3 is 2.36 bits per heavy atom. The van der Waals surface area contributed by atoms with E-state index in [-0.39, 0.29) is 12.1 Å². The molecule has 1 heterocycles. The van der Waals surface area contributed by atoms with Gasteiger partial charge in [0.05, 0.1) is 11.1 Å². The lowest BCUT2D eigenvalue weighted by atomic mass is 10.1. The van der Waals surface area contributed by atoms with E-state index in [0.29, 0.717) is 16.1 Å². The van der Waals surface area contributed by atoms with Gasteiger partial charge in [-0.2, -0.15) is 5.10 Å². The molecule has 110 valence electrons. The first kappa shape index (κ1) is 14.3. The van der Waals surface area contributed by atoms with Crippen LogP contribution in [0.25, 0.3) is 22.0 Å². The summed E-state index contributed by atoms with van der Waals surface area (Å²) in [5.74, 6) is -0.619. The molecule has 3 rings (SSSR count). The Balaban J connectivity index is 2.32. The van der Waals surface area contributed by atoms with Crippen molar-refractivity contribution in [3.63, 3.8) is 0 Å². The van der Waals surface area contributed by atoms with Crippen molar-refractivity contribution >= 4 is 28.3 Å². The molecule has 22 heavy (non-hydrogen) atoms. The predicted molar refractivity (Wildman–Crippen MR) is 85.6 cm³/mol. The number of primary amides is 1. The van der Waals surface area contributed by atoms with Gasteiger partial charge in [-0.3, -0.25) is 9.59 Å². The van der Waals surface area contributed by atoms with Gasteiger partial charge in [-0.25, -0.2) is 4.68 Å². The smallest absolute Gasteiger partial charge is 0.275 e. The molecule has 0 saturated carbocycles. The van der Waals surface area contributed by atoms with Gasteiger partial charge in [0.1, 0.15) is 6.54 Å². The third-order valence-corrected chi connectivity index (χ3v) is 3.54. The molecule has 0 bridgehead atoms. The first-order chi connectivity index (χ1) is 10.6. The summed E-state index contributed by atoms with van der Waals surface area (Å²) in [6.07, 6.45) is 0. The zero-order chi connectivity index (χ0) is 15.7. The number of aromatic nitrogens is 2. The molecule has 0 atom stereocenters. The topological polar surface area (TPSA) is 78.0 Å². The standard InChI is InChI=1S/C16H12ClN3O2/c17-11-7-5-10(6-8-11)15-12-3-1-2-4-13(12)16(22)20(19-15)9-14(18)21/h1-8H,9H2,(H2,18,21). The Hall–Kier alpha value is -2.66. The number of hydrogen-bond acceptors (Lipinski definition) is 3. The maximum Gasteiger partial charge on any atom is 0.275 e. The number of nitrogens with zero attached hydrogens (tertiary/aromatic N) is 2. The lowest BCUT2D eigenvalue weighted by Gasteiger charge is -2.10. The highest BCUT2D eigenvalue weighted by atomic mass is 35.5. The van der Waals surface area contributed by atoms with Gasteiger partial charge < -0.3 is 5.73 Å². The molecule has 0 aliphatic carbocycles. The molecule has 2 aromatic carbocycles. The number of carbonyl (C=O) groups excluding carboxylic acids is 1. The van der Waals surface area contributed by atoms with Crippen LogP contribution in [0, 0.1) is 0 Å². The minimum atomic E-state index is -0.619. The largest absolute Gasteiger partial charge is 0.368 e. The maximum absolute atomic E-state index is 12.4. The van der Waals surface area contributed by atoms with E-state index >= 15 is 0 Å². The van der Waals surface area contributed by atoms with Gasteiger partial charge in [0.15, 0.2) is 0 Å². The lowest BCUT2D eigenvalue weighted by Crippen LogP contribution is -2.30. The normalized spacial score (nSPS) is 10.8. The van der Waals surface area contributed by atoms with Crippen LogP contribution in [0.4, 0.5) is 0 Å². The molecule has 3 aromatic rings. The van der Waals surface area contributed by atoms with E-state index in [0.717, 1.165) is 15.6 Å². The lowest BCUT2D eigenvalue weighted by molar-refractivity contribution is -0.118. The first-order valence-electron chi connectivity index (χ1n) is 6.60. The fourth-order valence-corrected chi connectivity index (χ4v) is 2.44. The third-order valence-electron chi connectivity index (χ3n) is 3.29. The summed E-state index contributed by atoms with van der Waals surface area (Å²) in [7, 11) is 0. The molecule has 6 heteroatoms. The van der Waals surface area contributed by atoms with Gasteiger partial charge in [-0.05, 0) is 18.2 Å². The Morgan fingerprint density at radius 1 is 1.09 bits per heavy atom. The summed E-state index contributed by atoms with van der Waals surface area (Å²) in [5.41, 5.74) is 6.26. The van der Waals surface area contributed by atoms with Crippen molar-refractivity contribution in [2.45, 2.75) is 6.54 Å². The van der Waals surface area contributed by atoms with E-state index in [1.165, 1.54) is 0 Å². The molecule has 0 aliphatic heterocycles. The molecule has 0 fully saturated rings. The zero-order valence-electron chi connectivity index (χ0n) is 11.5. The number of halogens is 1. The van der Waals surface area contributed by atoms with Crippen molar-refractivity contribution in [3.8, 4) is 11.3 Å². The molecule has 1 aromatic heterocycles. The number of carbonyl (C=O) groups is 1. The van der Waals surface area contributed by atoms with Crippen LogP contribution >= 0.6 is 11.6 Å². The number of rotatable bonds is 3. The monoisotopic (exact) mass is 313 g/mol. The second kappa shape index (κ2) is 5.61. The van der Waals surface area contributed by atoms with Gasteiger partial charge in [0.25, 0.3) is 5.56 Å². The van der Waals surface area contributed by atoms with Crippen LogP contribution < -0.4 is 11.3 Å². The Bertz CT molecular complexity index is 917. The molecule has 0 radical (unpaired) electrons. The van der Waals surface area contributed by atoms with Crippen molar-refractivity contribution in [2.24, 2.45) is 5.73 Å². The van der Waals surface area contributed by atoms with E-state index < -0.39 is 5.91 Å². The number of amides is 1. The van der Waals surface area contributed by atoms with Crippen molar-refractivity contribution in [1.29, 1.82) is 0 Å². The van der Waals surface area contributed by atoms with Gasteiger partial charge in [-0.1, -0.05) is 41.9 Å². The van der Waals surface area contributed by atoms with E-state index in [4.69, 9.17) is 17.3 Å². The summed E-state index contributed by atoms with van der Waals surface area (Å²) < 4.78 is 1.09. The average molecular weight is 314 g/mol. The highest BCUT2D eigenvalue weighted by Gasteiger charge is 2.13. The Labute approximate surface area is 130 Å². The second-order valence-electron chi connectivity index (χ2n) is 4.83. The number of hydrogen-bond donors (Lipinski definition) is 1. The molecule has 2 N–H and O–H groups in total. The zero-order valence-corrected chi connectivity index (χ0v) is 12.2. The molecular weight excluding hydrogens is 302 g/mol. The van der Waals surface area contributed by atoms with Crippen molar-refractivity contribution in [2.75, 3.05) is 0 Å². The molecular formula is C16H12ClN3O2. The van der Waals surface area contributed by atoms with Gasteiger partial charge in [0.2, 0.25) is 5.91 Å². The van der Waals surface area contributed by atoms with Crippen molar-refractivity contribution in [3.05, 3.63) is 63.9 Å². The van der Waals surface area contributed by atoms with Crippen LogP contribution in [-0.4, -0.2) is 15.7 Å². The predicted octanol–water partition coefficient (Wildman–Crippen LogP) is 2.20. The van der Waals surface area contributed by atoms with Gasteiger partial charge in [-0.15, -0.1) is 0 Å². The molecule has 5 nitrogen and oxygen atoms in total. The van der Waals surface area contributed by atoms with Crippen LogP contribution in [0.1, 0.15) is 0 Å². The average Bonchev–Trinajstić information content (AvgIpc) is 2.51. The van der Waals surface area contributed by atoms with Crippen molar-refractivity contribution < 1.29 is 4.79 Å². The fourth-order valence-electron chi connectivity index (χ4n) is 2.31. The summed E-state index contributed by atoms with van der Waals surface area (Å²) in [6.45, 7) is -0.260. The highest BCUT2D eigenvalue weighted by Crippen LogP contribution is 2.25. The summed E-state index contributed by atoms with van der Waals surface area (Å²) in [6, 6.07) is 14.3. The van der Waals surface area contributed by atoms with E-state index in [2.05, 4.69) is 5.10 Å². The SMILES string of the molecule is NC(=O)Cn1nc(-c2ccc(Cl)cc2)c2ccccc2c1=O. The fraction of sp³-hybridized carbons (Fsp3) is 0.0625. The van der Waals surface area contributed by atoms with E-state index in [1.807, 2.05) is 24.3 Å². The van der Waals surface area contributed by atoms with Gasteiger partial charge in [0, 0.05) is 16.0 Å². The number of benzene rings is 2. The Kier molecular flexibility index (Phi) is 3.65.